The molecule has 0 aromatic heterocycles. The van der Waals surface area contributed by atoms with Gasteiger partial charge in [0.1, 0.15) is 0 Å². The van der Waals surface area contributed by atoms with Crippen LogP contribution in [0.25, 0.3) is 0 Å². The lowest BCUT2D eigenvalue weighted by atomic mass is 10.2. The Kier molecular flexibility index (Phi) is 9.42. The van der Waals surface area contributed by atoms with Gasteiger partial charge in [0.25, 0.3) is 0 Å². The Morgan fingerprint density at radius 2 is 1.44 bits per heavy atom. The Hall–Kier alpha value is -0.320. The summed E-state index contributed by atoms with van der Waals surface area (Å²) in [5.41, 5.74) is 1.39. The van der Waals surface area contributed by atoms with E-state index < -0.39 is 0 Å². The molecule has 0 saturated carbocycles. The molecule has 0 amide bonds. The molecule has 1 aromatic carbocycles. The summed E-state index contributed by atoms with van der Waals surface area (Å²) >= 11 is 0. The first-order chi connectivity index (χ1) is 7.88. The topological polar surface area (TPSA) is 26.7 Å². The molecule has 0 atom stereocenters. The van der Waals surface area contributed by atoms with Crippen molar-refractivity contribution in [2.75, 3.05) is 39.3 Å². The maximum Gasteiger partial charge on any atom is 0.0558 e. The maximum absolute atomic E-state index is 8.86. The first kappa shape index (κ1) is 17.7. The van der Waals surface area contributed by atoms with Crippen LogP contribution in [0.4, 0.5) is 0 Å². The maximum atomic E-state index is 8.86. The van der Waals surface area contributed by atoms with Crippen molar-refractivity contribution >= 4 is 24.8 Å². The van der Waals surface area contributed by atoms with Gasteiger partial charge in [-0.2, -0.15) is 0 Å². The molecule has 1 aliphatic rings. The third-order valence-corrected chi connectivity index (χ3v) is 3.13. The van der Waals surface area contributed by atoms with Crippen LogP contribution < -0.4 is 0 Å². The van der Waals surface area contributed by atoms with E-state index in [1.165, 1.54) is 5.56 Å². The summed E-state index contributed by atoms with van der Waals surface area (Å²) in [5, 5.41) is 8.86. The van der Waals surface area contributed by atoms with E-state index in [0.29, 0.717) is 0 Å². The highest BCUT2D eigenvalue weighted by Gasteiger charge is 2.15. The fraction of sp³-hybridized carbons (Fsp3) is 0.538. The molecule has 1 aliphatic heterocycles. The second-order valence-corrected chi connectivity index (χ2v) is 4.33. The monoisotopic (exact) mass is 292 g/mol. The average Bonchev–Trinajstić information content (AvgIpc) is 2.33. The molecule has 5 heteroatoms. The van der Waals surface area contributed by atoms with Crippen molar-refractivity contribution < 1.29 is 5.11 Å². The molecule has 3 nitrogen and oxygen atoms in total. The van der Waals surface area contributed by atoms with E-state index in [9.17, 15) is 0 Å². The number of aliphatic hydroxyl groups excluding tert-OH is 1. The number of nitrogens with zero attached hydrogens (tertiary/aromatic N) is 2. The van der Waals surface area contributed by atoms with Crippen molar-refractivity contribution in [1.29, 1.82) is 0 Å². The Morgan fingerprint density at radius 3 is 2.00 bits per heavy atom. The third-order valence-electron chi connectivity index (χ3n) is 3.13. The van der Waals surface area contributed by atoms with E-state index in [1.807, 2.05) is 0 Å². The van der Waals surface area contributed by atoms with Gasteiger partial charge in [-0.1, -0.05) is 30.3 Å². The highest BCUT2D eigenvalue weighted by Crippen LogP contribution is 2.07. The molecular formula is C13H22Cl2N2O. The number of piperazine rings is 1. The van der Waals surface area contributed by atoms with E-state index in [2.05, 4.69) is 40.1 Å². The zero-order valence-corrected chi connectivity index (χ0v) is 12.1. The summed E-state index contributed by atoms with van der Waals surface area (Å²) in [6.07, 6.45) is 0. The highest BCUT2D eigenvalue weighted by atomic mass is 35.5. The number of β-amino-alcohol motifs (C(OH)–C–C–N with tert-alkyl or cyclic N) is 1. The molecule has 18 heavy (non-hydrogen) atoms. The molecule has 0 bridgehead atoms. The van der Waals surface area contributed by atoms with Gasteiger partial charge in [-0.15, -0.1) is 24.8 Å². The minimum Gasteiger partial charge on any atom is -0.395 e. The number of halogens is 2. The second-order valence-electron chi connectivity index (χ2n) is 4.33. The van der Waals surface area contributed by atoms with Crippen LogP contribution in [0.5, 0.6) is 0 Å². The lowest BCUT2D eigenvalue weighted by molar-refractivity contribution is 0.108. The van der Waals surface area contributed by atoms with Gasteiger partial charge in [0.05, 0.1) is 6.61 Å². The number of benzene rings is 1. The van der Waals surface area contributed by atoms with Gasteiger partial charge in [-0.05, 0) is 5.56 Å². The van der Waals surface area contributed by atoms with Gasteiger partial charge in [-0.3, -0.25) is 9.80 Å². The molecule has 1 fully saturated rings. The van der Waals surface area contributed by atoms with Crippen LogP contribution in [0.15, 0.2) is 30.3 Å². The molecule has 0 spiro atoms. The number of rotatable bonds is 4. The van der Waals surface area contributed by atoms with E-state index in [-0.39, 0.29) is 31.4 Å². The van der Waals surface area contributed by atoms with Crippen LogP contribution in [0.3, 0.4) is 0 Å². The van der Waals surface area contributed by atoms with Crippen LogP contribution in [-0.4, -0.2) is 54.2 Å². The summed E-state index contributed by atoms with van der Waals surface area (Å²) in [6.45, 7) is 6.51. The van der Waals surface area contributed by atoms with Crippen LogP contribution in [-0.2, 0) is 6.54 Å². The van der Waals surface area contributed by atoms with Crippen molar-refractivity contribution in [1.82, 2.24) is 9.80 Å². The van der Waals surface area contributed by atoms with E-state index in [4.69, 9.17) is 5.11 Å². The van der Waals surface area contributed by atoms with E-state index in [1.54, 1.807) is 0 Å². The Balaban J connectivity index is 0.00000144. The normalized spacial score (nSPS) is 16.7. The van der Waals surface area contributed by atoms with Gasteiger partial charge in [-0.25, -0.2) is 0 Å². The minimum absolute atomic E-state index is 0. The summed E-state index contributed by atoms with van der Waals surface area (Å²) in [7, 11) is 0. The second kappa shape index (κ2) is 9.59. The number of hydrogen-bond acceptors (Lipinski definition) is 3. The summed E-state index contributed by atoms with van der Waals surface area (Å²) in [4.78, 5) is 4.80. The van der Waals surface area contributed by atoms with Gasteiger partial charge >= 0.3 is 0 Å². The molecule has 0 aliphatic carbocycles. The Morgan fingerprint density at radius 1 is 0.889 bits per heavy atom. The third kappa shape index (κ3) is 5.55. The van der Waals surface area contributed by atoms with Gasteiger partial charge < -0.3 is 5.11 Å². The highest BCUT2D eigenvalue weighted by molar-refractivity contribution is 5.85. The van der Waals surface area contributed by atoms with Crippen molar-refractivity contribution in [3.8, 4) is 0 Å². The van der Waals surface area contributed by atoms with Gasteiger partial charge in [0, 0.05) is 39.3 Å². The summed E-state index contributed by atoms with van der Waals surface area (Å²) in [5.74, 6) is 0. The fourth-order valence-corrected chi connectivity index (χ4v) is 2.15. The predicted octanol–water partition coefficient (Wildman–Crippen LogP) is 1.64. The first-order valence-electron chi connectivity index (χ1n) is 5.98. The molecule has 1 saturated heterocycles. The van der Waals surface area contributed by atoms with Gasteiger partial charge in [0.15, 0.2) is 0 Å². The van der Waals surface area contributed by atoms with Crippen molar-refractivity contribution in [2.24, 2.45) is 0 Å². The molecule has 0 unspecified atom stereocenters. The van der Waals surface area contributed by atoms with Crippen LogP contribution in [0.1, 0.15) is 5.56 Å². The van der Waals surface area contributed by atoms with Crippen LogP contribution in [0, 0.1) is 0 Å². The zero-order valence-electron chi connectivity index (χ0n) is 10.5. The van der Waals surface area contributed by atoms with E-state index >= 15 is 0 Å². The molecule has 104 valence electrons. The molecule has 1 aromatic rings. The quantitative estimate of drug-likeness (QED) is 0.914. The Labute approximate surface area is 122 Å². The summed E-state index contributed by atoms with van der Waals surface area (Å²) < 4.78 is 0. The molecule has 2 rings (SSSR count). The van der Waals surface area contributed by atoms with Crippen molar-refractivity contribution in [2.45, 2.75) is 6.54 Å². The molecule has 1 N–H and O–H groups in total. The van der Waals surface area contributed by atoms with E-state index in [0.717, 1.165) is 39.3 Å². The van der Waals surface area contributed by atoms with Crippen molar-refractivity contribution in [3.05, 3.63) is 35.9 Å². The zero-order chi connectivity index (χ0) is 11.2. The standard InChI is InChI=1S/C13H20N2O.2ClH/c16-11-10-14-6-8-15(9-7-14)12-13-4-2-1-3-5-13;;/h1-5,16H,6-12H2;2*1H. The SMILES string of the molecule is Cl.Cl.OCCN1CCN(Cc2ccccc2)CC1. The average molecular weight is 293 g/mol. The molecule has 0 radical (unpaired) electrons. The first-order valence-corrected chi connectivity index (χ1v) is 5.98. The lowest BCUT2D eigenvalue weighted by Crippen LogP contribution is -2.46. The smallest absolute Gasteiger partial charge is 0.0558 e. The van der Waals surface area contributed by atoms with Crippen LogP contribution >= 0.6 is 24.8 Å². The number of hydrogen-bond donors (Lipinski definition) is 1. The summed E-state index contributed by atoms with van der Waals surface area (Å²) in [6, 6.07) is 10.6. The van der Waals surface area contributed by atoms with Gasteiger partial charge in [0.2, 0.25) is 0 Å². The largest absolute Gasteiger partial charge is 0.395 e. The van der Waals surface area contributed by atoms with Crippen LogP contribution in [0.2, 0.25) is 0 Å². The predicted molar refractivity (Wildman–Crippen MR) is 79.7 cm³/mol. The molecular weight excluding hydrogens is 271 g/mol. The Bertz CT molecular complexity index is 303. The minimum atomic E-state index is 0. The lowest BCUT2D eigenvalue weighted by Gasteiger charge is -2.34. The van der Waals surface area contributed by atoms with Crippen molar-refractivity contribution in [3.63, 3.8) is 0 Å². The fourth-order valence-electron chi connectivity index (χ4n) is 2.15. The molecule has 1 heterocycles. The number of aliphatic hydroxyl groups is 1.